The van der Waals surface area contributed by atoms with Gasteiger partial charge >= 0.3 is 11.9 Å². The van der Waals surface area contributed by atoms with E-state index in [0.29, 0.717) is 12.8 Å². The van der Waals surface area contributed by atoms with Crippen LogP contribution in [0.5, 0.6) is 0 Å². The molecule has 46 heavy (non-hydrogen) atoms. The molecule has 0 spiro atoms. The molecule has 0 aromatic rings. The SMILES string of the molecule is CCCCCCCCCCCCCCCCCCC(=O)OC(CCCCCC)CCCCCC(=O)NCC(=O)NC(CO)C(=O)O. The Hall–Kier alpha value is -2.16. The largest absolute Gasteiger partial charge is 0.480 e. The number of carboxylic acids is 1. The van der Waals surface area contributed by atoms with Gasteiger partial charge in [-0.25, -0.2) is 4.79 Å². The Morgan fingerprint density at radius 3 is 1.43 bits per heavy atom. The van der Waals surface area contributed by atoms with Crippen LogP contribution in [0.3, 0.4) is 0 Å². The second kappa shape index (κ2) is 32.8. The first kappa shape index (κ1) is 43.8. The number of hydrogen-bond donors (Lipinski definition) is 4. The number of ether oxygens (including phenoxy) is 1. The van der Waals surface area contributed by atoms with E-state index in [-0.39, 0.29) is 30.9 Å². The third-order valence-electron chi connectivity index (χ3n) is 8.60. The Kier molecular flexibility index (Phi) is 31.2. The number of aliphatic carboxylic acids is 1. The first-order chi connectivity index (χ1) is 22.3. The highest BCUT2D eigenvalue weighted by atomic mass is 16.5. The maximum Gasteiger partial charge on any atom is 0.328 e. The number of rotatable bonds is 34. The number of aliphatic hydroxyl groups excluding tert-OH is 1. The summed E-state index contributed by atoms with van der Waals surface area (Å²) in [6, 6.07) is -1.39. The van der Waals surface area contributed by atoms with Crippen molar-refractivity contribution >= 4 is 23.8 Å². The Labute approximate surface area is 280 Å². The lowest BCUT2D eigenvalue weighted by Gasteiger charge is -2.18. The molecule has 0 aliphatic heterocycles. The van der Waals surface area contributed by atoms with E-state index in [1.54, 1.807) is 0 Å². The van der Waals surface area contributed by atoms with Gasteiger partial charge < -0.3 is 25.6 Å². The van der Waals surface area contributed by atoms with E-state index in [2.05, 4.69) is 24.5 Å². The quantitative estimate of drug-likeness (QED) is 0.0405. The summed E-state index contributed by atoms with van der Waals surface area (Å²) < 4.78 is 5.88. The number of hydrogen-bond acceptors (Lipinski definition) is 6. The standard InChI is InChI=1S/C37H70N2O7/c1-3-5-7-9-10-11-12-13-14-15-16-17-18-19-20-25-29-36(43)46-32(26-22-8-6-4-2)27-23-21-24-28-34(41)38-30-35(42)39-33(31-40)37(44)45/h32-33,40H,3-31H2,1-2H3,(H,38,41)(H,39,42)(H,44,45). The molecule has 0 saturated heterocycles. The number of aliphatic hydroxyl groups is 1. The highest BCUT2D eigenvalue weighted by Gasteiger charge is 2.19. The van der Waals surface area contributed by atoms with Crippen molar-refractivity contribution in [3.05, 3.63) is 0 Å². The molecule has 0 radical (unpaired) electrons. The zero-order valence-corrected chi connectivity index (χ0v) is 29.6. The minimum atomic E-state index is -1.39. The summed E-state index contributed by atoms with van der Waals surface area (Å²) in [5.41, 5.74) is 0. The maximum absolute atomic E-state index is 12.6. The predicted molar refractivity (Wildman–Crippen MR) is 186 cm³/mol. The van der Waals surface area contributed by atoms with E-state index in [9.17, 15) is 19.2 Å². The molecule has 0 aromatic heterocycles. The van der Waals surface area contributed by atoms with E-state index >= 15 is 0 Å². The van der Waals surface area contributed by atoms with Crippen LogP contribution in [-0.2, 0) is 23.9 Å². The van der Waals surface area contributed by atoms with Crippen LogP contribution >= 0.6 is 0 Å². The number of amides is 2. The summed E-state index contributed by atoms with van der Waals surface area (Å²) in [5.74, 6) is -2.37. The molecule has 0 aliphatic carbocycles. The molecular formula is C37H70N2O7. The molecule has 9 heteroatoms. The third kappa shape index (κ3) is 29.3. The van der Waals surface area contributed by atoms with Crippen molar-refractivity contribution < 1.29 is 34.1 Å². The van der Waals surface area contributed by atoms with E-state index in [1.807, 2.05) is 0 Å². The van der Waals surface area contributed by atoms with Crippen LogP contribution < -0.4 is 10.6 Å². The summed E-state index contributed by atoms with van der Waals surface area (Å²) in [6.07, 6.45) is 30.1. The second-order valence-corrected chi connectivity index (χ2v) is 13.0. The summed E-state index contributed by atoms with van der Waals surface area (Å²) in [6.45, 7) is 3.40. The summed E-state index contributed by atoms with van der Waals surface area (Å²) in [7, 11) is 0. The molecule has 0 aliphatic rings. The zero-order chi connectivity index (χ0) is 34.1. The number of carbonyl (C=O) groups is 4. The molecule has 2 atom stereocenters. The first-order valence-electron chi connectivity index (χ1n) is 18.9. The van der Waals surface area contributed by atoms with E-state index in [4.69, 9.17) is 14.9 Å². The summed E-state index contributed by atoms with van der Waals surface area (Å²) in [5, 5.41) is 22.5. The Morgan fingerprint density at radius 2 is 0.978 bits per heavy atom. The zero-order valence-electron chi connectivity index (χ0n) is 29.6. The van der Waals surface area contributed by atoms with Gasteiger partial charge in [0.2, 0.25) is 11.8 Å². The van der Waals surface area contributed by atoms with Crippen LogP contribution in [0.1, 0.15) is 187 Å². The van der Waals surface area contributed by atoms with E-state index in [0.717, 1.165) is 57.8 Å². The van der Waals surface area contributed by atoms with Gasteiger partial charge in [-0.15, -0.1) is 0 Å². The van der Waals surface area contributed by atoms with Crippen molar-refractivity contribution in [3.63, 3.8) is 0 Å². The fraction of sp³-hybridized carbons (Fsp3) is 0.892. The van der Waals surface area contributed by atoms with Gasteiger partial charge in [-0.2, -0.15) is 0 Å². The second-order valence-electron chi connectivity index (χ2n) is 13.0. The summed E-state index contributed by atoms with van der Waals surface area (Å²) in [4.78, 5) is 47.2. The lowest BCUT2D eigenvalue weighted by Crippen LogP contribution is -2.47. The number of esters is 1. The van der Waals surface area contributed by atoms with Crippen molar-refractivity contribution in [1.29, 1.82) is 0 Å². The van der Waals surface area contributed by atoms with Gasteiger partial charge in [0.25, 0.3) is 0 Å². The molecule has 0 bridgehead atoms. The van der Waals surface area contributed by atoms with Gasteiger partial charge in [0, 0.05) is 12.8 Å². The normalized spacial score (nSPS) is 12.4. The Bertz CT molecular complexity index is 762. The highest BCUT2D eigenvalue weighted by Crippen LogP contribution is 2.18. The number of carbonyl (C=O) groups excluding carboxylic acids is 3. The topological polar surface area (TPSA) is 142 Å². The molecule has 270 valence electrons. The van der Waals surface area contributed by atoms with Crippen LogP contribution in [0, 0.1) is 0 Å². The molecular weight excluding hydrogens is 584 g/mol. The highest BCUT2D eigenvalue weighted by molar-refractivity contribution is 5.87. The first-order valence-corrected chi connectivity index (χ1v) is 18.9. The van der Waals surface area contributed by atoms with Crippen molar-refractivity contribution in [2.75, 3.05) is 13.2 Å². The molecule has 9 nitrogen and oxygen atoms in total. The third-order valence-corrected chi connectivity index (χ3v) is 8.60. The van der Waals surface area contributed by atoms with Gasteiger partial charge in [0.15, 0.2) is 0 Å². The number of unbranched alkanes of at least 4 members (excludes halogenated alkanes) is 20. The van der Waals surface area contributed by atoms with E-state index < -0.39 is 24.5 Å². The van der Waals surface area contributed by atoms with Crippen LogP contribution in [-0.4, -0.2) is 59.3 Å². The molecule has 0 saturated carbocycles. The van der Waals surface area contributed by atoms with Crippen LogP contribution in [0.25, 0.3) is 0 Å². The Balaban J connectivity index is 3.99. The fourth-order valence-electron chi connectivity index (χ4n) is 5.66. The fourth-order valence-corrected chi connectivity index (χ4v) is 5.66. The lowest BCUT2D eigenvalue weighted by atomic mass is 10.0. The van der Waals surface area contributed by atoms with Crippen LogP contribution in [0.4, 0.5) is 0 Å². The van der Waals surface area contributed by atoms with Crippen LogP contribution in [0.2, 0.25) is 0 Å². The van der Waals surface area contributed by atoms with Crippen molar-refractivity contribution in [2.45, 2.75) is 199 Å². The molecule has 0 aromatic carbocycles. The van der Waals surface area contributed by atoms with Gasteiger partial charge in [-0.05, 0) is 38.5 Å². The monoisotopic (exact) mass is 655 g/mol. The maximum atomic E-state index is 12.6. The van der Waals surface area contributed by atoms with Gasteiger partial charge in [0.05, 0.1) is 13.2 Å². The van der Waals surface area contributed by atoms with E-state index in [1.165, 1.54) is 96.3 Å². The average molecular weight is 655 g/mol. The minimum absolute atomic E-state index is 0.0726. The smallest absolute Gasteiger partial charge is 0.328 e. The van der Waals surface area contributed by atoms with Crippen molar-refractivity contribution in [1.82, 2.24) is 10.6 Å². The molecule has 4 N–H and O–H groups in total. The predicted octanol–water partition coefficient (Wildman–Crippen LogP) is 8.15. The van der Waals surface area contributed by atoms with Gasteiger partial charge in [0.1, 0.15) is 12.1 Å². The average Bonchev–Trinajstić information content (AvgIpc) is 3.03. The summed E-state index contributed by atoms with van der Waals surface area (Å²) >= 11 is 0. The van der Waals surface area contributed by atoms with Crippen molar-refractivity contribution in [2.24, 2.45) is 0 Å². The van der Waals surface area contributed by atoms with Crippen LogP contribution in [0.15, 0.2) is 0 Å². The minimum Gasteiger partial charge on any atom is -0.480 e. The Morgan fingerprint density at radius 1 is 0.565 bits per heavy atom. The molecule has 0 rings (SSSR count). The number of nitrogens with one attached hydrogen (secondary N) is 2. The molecule has 2 amide bonds. The molecule has 0 heterocycles. The van der Waals surface area contributed by atoms with Gasteiger partial charge in [-0.1, -0.05) is 136 Å². The molecule has 2 unspecified atom stereocenters. The lowest BCUT2D eigenvalue weighted by molar-refractivity contribution is -0.150. The molecule has 0 fully saturated rings. The van der Waals surface area contributed by atoms with Crippen molar-refractivity contribution in [3.8, 4) is 0 Å². The van der Waals surface area contributed by atoms with Gasteiger partial charge in [-0.3, -0.25) is 14.4 Å². The number of carboxylic acid groups (broad SMARTS) is 1.